The molecule has 8 heteroatoms. The zero-order valence-corrected chi connectivity index (χ0v) is 12.6. The fraction of sp³-hybridized carbons (Fsp3) is 0.231. The smallest absolute Gasteiger partial charge is 0.212 e. The van der Waals surface area contributed by atoms with Crippen LogP contribution in [-0.2, 0) is 4.79 Å². The number of thioether (sulfide) groups is 1. The molecule has 2 aromatic rings. The van der Waals surface area contributed by atoms with E-state index in [4.69, 9.17) is 11.6 Å². The lowest BCUT2D eigenvalue weighted by molar-refractivity contribution is -0.305. The largest absolute Gasteiger partial charge is 0.550 e. The molecule has 108 valence electrons. The average molecular weight is 322 g/mol. The fourth-order valence-electron chi connectivity index (χ4n) is 2.04. The second-order valence-electron chi connectivity index (χ2n) is 4.52. The van der Waals surface area contributed by atoms with Gasteiger partial charge in [-0.05, 0) is 24.6 Å². The Kier molecular flexibility index (Phi) is 3.69. The van der Waals surface area contributed by atoms with Gasteiger partial charge < -0.3 is 9.90 Å². The number of fused-ring (bicyclic) bond motifs is 1. The van der Waals surface area contributed by atoms with Gasteiger partial charge >= 0.3 is 0 Å². The van der Waals surface area contributed by atoms with Gasteiger partial charge in [-0.15, -0.1) is 10.2 Å². The first kappa shape index (κ1) is 14.1. The van der Waals surface area contributed by atoms with Crippen molar-refractivity contribution in [3.8, 4) is 0 Å². The lowest BCUT2D eigenvalue weighted by Crippen LogP contribution is -2.32. The van der Waals surface area contributed by atoms with Crippen molar-refractivity contribution >= 4 is 35.0 Å². The van der Waals surface area contributed by atoms with E-state index in [1.54, 1.807) is 23.7 Å². The third-order valence-electron chi connectivity index (χ3n) is 3.02. The molecule has 0 saturated carbocycles. The van der Waals surface area contributed by atoms with E-state index in [2.05, 4.69) is 15.3 Å². The van der Waals surface area contributed by atoms with Crippen molar-refractivity contribution in [1.82, 2.24) is 14.9 Å². The summed E-state index contributed by atoms with van der Waals surface area (Å²) >= 11 is 7.20. The summed E-state index contributed by atoms with van der Waals surface area (Å²) in [7, 11) is 0. The molecule has 1 aliphatic heterocycles. The number of carbonyl (C=O) groups is 1. The lowest BCUT2D eigenvalue weighted by Gasteiger charge is -2.23. The van der Waals surface area contributed by atoms with Crippen LogP contribution >= 0.6 is 23.4 Å². The van der Waals surface area contributed by atoms with Crippen LogP contribution in [0.4, 0.5) is 0 Å². The van der Waals surface area contributed by atoms with Crippen LogP contribution in [0.2, 0.25) is 5.02 Å². The van der Waals surface area contributed by atoms with Crippen LogP contribution in [0.1, 0.15) is 17.8 Å². The van der Waals surface area contributed by atoms with Gasteiger partial charge in [0.05, 0.1) is 11.0 Å². The summed E-state index contributed by atoms with van der Waals surface area (Å²) in [5.74, 6) is -0.477. The van der Waals surface area contributed by atoms with Crippen molar-refractivity contribution in [3.05, 3.63) is 40.7 Å². The van der Waals surface area contributed by atoms with E-state index in [9.17, 15) is 9.90 Å². The second-order valence-corrected chi connectivity index (χ2v) is 6.12. The summed E-state index contributed by atoms with van der Waals surface area (Å²) in [6.45, 7) is 1.79. The molecule has 0 saturated heterocycles. The Morgan fingerprint density at radius 3 is 2.76 bits per heavy atom. The van der Waals surface area contributed by atoms with E-state index < -0.39 is 5.97 Å². The first-order valence-electron chi connectivity index (χ1n) is 6.18. The molecule has 1 atom stereocenters. The monoisotopic (exact) mass is 321 g/mol. The maximum Gasteiger partial charge on any atom is 0.212 e. The summed E-state index contributed by atoms with van der Waals surface area (Å²) in [4.78, 5) is 11.0. The number of hydrogen-bond acceptors (Lipinski definition) is 6. The molecule has 6 nitrogen and oxygen atoms in total. The third kappa shape index (κ3) is 2.79. The summed E-state index contributed by atoms with van der Waals surface area (Å²) < 4.78 is 1.61. The minimum atomic E-state index is -1.13. The Morgan fingerprint density at radius 2 is 2.10 bits per heavy atom. The summed E-state index contributed by atoms with van der Waals surface area (Å²) in [6, 6.07) is 7.12. The number of halogens is 1. The molecule has 2 heterocycles. The predicted molar refractivity (Wildman–Crippen MR) is 77.4 cm³/mol. The van der Waals surface area contributed by atoms with Gasteiger partial charge in [-0.25, -0.2) is 0 Å². The maximum absolute atomic E-state index is 11.0. The predicted octanol–water partition coefficient (Wildman–Crippen LogP) is 1.11. The van der Waals surface area contributed by atoms with Crippen molar-refractivity contribution < 1.29 is 9.90 Å². The summed E-state index contributed by atoms with van der Waals surface area (Å²) in [5.41, 5.74) is 1.47. The van der Waals surface area contributed by atoms with Gasteiger partial charge in [0.1, 0.15) is 0 Å². The molecule has 0 unspecified atom stereocenters. The highest BCUT2D eigenvalue weighted by atomic mass is 35.5. The first-order chi connectivity index (χ1) is 10.0. The molecule has 1 aromatic heterocycles. The standard InChI is InChI=1S/C13H11ClN4O2S/c1-7-15-16-13-18(7)17-12(10(21-13)6-11(19)20)8-2-4-9(14)5-3-8/h2-5,10H,6H2,1H3,(H,19,20)/p-1/t10-/m0/s1. The number of carboxylic acids is 1. The topological polar surface area (TPSA) is 83.2 Å². The van der Waals surface area contributed by atoms with Gasteiger partial charge in [0, 0.05) is 17.4 Å². The van der Waals surface area contributed by atoms with Gasteiger partial charge in [-0.2, -0.15) is 9.78 Å². The molecule has 0 radical (unpaired) electrons. The zero-order chi connectivity index (χ0) is 15.0. The first-order valence-corrected chi connectivity index (χ1v) is 7.43. The highest BCUT2D eigenvalue weighted by Gasteiger charge is 2.28. The van der Waals surface area contributed by atoms with Gasteiger partial charge in [0.2, 0.25) is 5.16 Å². The number of nitrogens with zero attached hydrogens (tertiary/aromatic N) is 4. The Morgan fingerprint density at radius 1 is 1.38 bits per heavy atom. The second kappa shape index (κ2) is 5.50. The van der Waals surface area contributed by atoms with Crippen LogP contribution in [0, 0.1) is 6.92 Å². The molecule has 1 aliphatic rings. The Labute approximate surface area is 129 Å². The molecule has 1 aromatic carbocycles. The number of aliphatic carboxylic acids is 1. The Bertz CT molecular complexity index is 726. The van der Waals surface area contributed by atoms with E-state index in [-0.39, 0.29) is 11.7 Å². The lowest BCUT2D eigenvalue weighted by atomic mass is 10.1. The maximum atomic E-state index is 11.0. The van der Waals surface area contributed by atoms with Crippen molar-refractivity contribution in [2.24, 2.45) is 5.10 Å². The Hall–Kier alpha value is -1.86. The fourth-order valence-corrected chi connectivity index (χ4v) is 3.29. The van der Waals surface area contributed by atoms with Crippen molar-refractivity contribution in [2.75, 3.05) is 0 Å². The quantitative estimate of drug-likeness (QED) is 0.845. The molecular weight excluding hydrogens is 312 g/mol. The van der Waals surface area contributed by atoms with Gasteiger partial charge in [0.25, 0.3) is 0 Å². The zero-order valence-electron chi connectivity index (χ0n) is 11.0. The number of rotatable bonds is 3. The number of aromatic nitrogens is 3. The molecule has 0 N–H and O–H groups in total. The van der Waals surface area contributed by atoms with Crippen LogP contribution in [0.5, 0.6) is 0 Å². The minimum Gasteiger partial charge on any atom is -0.550 e. The van der Waals surface area contributed by atoms with Crippen LogP contribution in [0.3, 0.4) is 0 Å². The molecule has 0 aliphatic carbocycles. The number of hydrogen-bond donors (Lipinski definition) is 0. The highest BCUT2D eigenvalue weighted by Crippen LogP contribution is 2.32. The molecule has 0 bridgehead atoms. The van der Waals surface area contributed by atoms with Gasteiger partial charge in [-0.3, -0.25) is 0 Å². The highest BCUT2D eigenvalue weighted by molar-refractivity contribution is 8.00. The van der Waals surface area contributed by atoms with Crippen molar-refractivity contribution in [3.63, 3.8) is 0 Å². The van der Waals surface area contributed by atoms with Crippen LogP contribution in [0.25, 0.3) is 0 Å². The molecule has 3 rings (SSSR count). The summed E-state index contributed by atoms with van der Waals surface area (Å²) in [6.07, 6.45) is -0.141. The number of benzene rings is 1. The minimum absolute atomic E-state index is 0.141. The summed E-state index contributed by atoms with van der Waals surface area (Å²) in [5, 5.41) is 24.2. The van der Waals surface area contributed by atoms with Crippen molar-refractivity contribution in [2.45, 2.75) is 23.8 Å². The van der Waals surface area contributed by atoms with Crippen LogP contribution in [-0.4, -0.2) is 31.8 Å². The van der Waals surface area contributed by atoms with Gasteiger partial charge in [-0.1, -0.05) is 35.5 Å². The number of carbonyl (C=O) groups excluding carboxylic acids is 1. The molecule has 0 amide bonds. The Balaban J connectivity index is 2.07. The average Bonchev–Trinajstić information content (AvgIpc) is 2.79. The van der Waals surface area contributed by atoms with E-state index in [1.165, 1.54) is 11.8 Å². The number of carboxylic acid groups (broad SMARTS) is 1. The van der Waals surface area contributed by atoms with E-state index >= 15 is 0 Å². The molecule has 0 spiro atoms. The molecule has 0 fully saturated rings. The van der Waals surface area contributed by atoms with Crippen molar-refractivity contribution in [1.29, 1.82) is 0 Å². The van der Waals surface area contributed by atoms with E-state index in [0.29, 0.717) is 21.7 Å². The van der Waals surface area contributed by atoms with Crippen LogP contribution < -0.4 is 5.11 Å². The van der Waals surface area contributed by atoms with E-state index in [1.807, 2.05) is 12.1 Å². The van der Waals surface area contributed by atoms with E-state index in [0.717, 1.165) is 5.56 Å². The molecule has 21 heavy (non-hydrogen) atoms. The normalized spacial score (nSPS) is 17.2. The van der Waals surface area contributed by atoms with Crippen LogP contribution in [0.15, 0.2) is 34.5 Å². The molecular formula is C13H10ClN4O2S-. The van der Waals surface area contributed by atoms with Gasteiger partial charge in [0.15, 0.2) is 5.82 Å². The number of aryl methyl sites for hydroxylation is 1. The third-order valence-corrected chi connectivity index (χ3v) is 4.41. The SMILES string of the molecule is Cc1nnc2n1N=C(c1ccc(Cl)cc1)[C@H](CC(=O)[O-])S2.